The molecule has 0 aromatic heterocycles. The number of sulfone groups is 1. The van der Waals surface area contributed by atoms with Gasteiger partial charge in [-0.1, -0.05) is 18.5 Å². The quantitative estimate of drug-likeness (QED) is 0.579. The number of aliphatic imine (C=N–C) groups is 1. The predicted octanol–water partition coefficient (Wildman–Crippen LogP) is 2.49. The Balaban J connectivity index is 2.72. The van der Waals surface area contributed by atoms with Gasteiger partial charge in [0.25, 0.3) is 5.91 Å². The van der Waals surface area contributed by atoms with E-state index >= 15 is 0 Å². The molecule has 1 amide bonds. The van der Waals surface area contributed by atoms with Crippen LogP contribution in [0.3, 0.4) is 0 Å². The summed E-state index contributed by atoms with van der Waals surface area (Å²) in [5, 5.41) is 0.572. The van der Waals surface area contributed by atoms with E-state index in [-0.39, 0.29) is 16.4 Å². The molecule has 0 saturated heterocycles. The van der Waals surface area contributed by atoms with Gasteiger partial charge in [0.2, 0.25) is 0 Å². The lowest BCUT2D eigenvalue weighted by atomic mass is 10.0. The largest absolute Gasteiger partial charge is 0.370 e. The number of hydrogen-bond acceptors (Lipinski definition) is 4. The number of anilines is 2. The maximum Gasteiger partial charge on any atom is 0.280 e. The smallest absolute Gasteiger partial charge is 0.280 e. The van der Waals surface area contributed by atoms with Crippen LogP contribution in [0.5, 0.6) is 0 Å². The van der Waals surface area contributed by atoms with Crippen molar-refractivity contribution in [2.45, 2.75) is 18.2 Å². The molecule has 2 rings (SSSR count). The van der Waals surface area contributed by atoms with E-state index in [1.54, 1.807) is 42.3 Å². The number of aryl methyl sites for hydroxylation is 1. The number of carbonyl (C=O) groups excluding carboxylic acids is 1. The molecule has 0 unspecified atom stereocenters. The second kappa shape index (κ2) is 7.98. The van der Waals surface area contributed by atoms with E-state index < -0.39 is 15.7 Å². The Bertz CT molecular complexity index is 998. The van der Waals surface area contributed by atoms with Gasteiger partial charge in [-0.05, 0) is 48.4 Å². The zero-order valence-corrected chi connectivity index (χ0v) is 16.8. The Kier molecular flexibility index (Phi) is 6.12. The van der Waals surface area contributed by atoms with Crippen molar-refractivity contribution in [1.29, 1.82) is 0 Å². The third kappa shape index (κ3) is 4.78. The van der Waals surface area contributed by atoms with Crippen molar-refractivity contribution < 1.29 is 13.2 Å². The summed E-state index contributed by atoms with van der Waals surface area (Å²) in [7, 11) is -1.89. The summed E-state index contributed by atoms with van der Waals surface area (Å²) >= 11 is 5.93. The first-order chi connectivity index (χ1) is 12.5. The summed E-state index contributed by atoms with van der Waals surface area (Å²) in [5.41, 5.74) is 12.5. The highest BCUT2D eigenvalue weighted by atomic mass is 35.5. The van der Waals surface area contributed by atoms with Crippen molar-refractivity contribution >= 4 is 44.7 Å². The minimum absolute atomic E-state index is 0.00583. The molecule has 0 aliphatic rings. The Morgan fingerprint density at radius 1 is 1.19 bits per heavy atom. The number of carbonyl (C=O) groups is 1. The molecule has 0 spiro atoms. The van der Waals surface area contributed by atoms with Crippen LogP contribution < -0.4 is 16.4 Å². The molecule has 0 saturated carbocycles. The van der Waals surface area contributed by atoms with Gasteiger partial charge in [0.15, 0.2) is 15.8 Å². The van der Waals surface area contributed by atoms with Gasteiger partial charge in [-0.15, -0.1) is 0 Å². The predicted molar refractivity (Wildman–Crippen MR) is 109 cm³/mol. The maximum atomic E-state index is 12.4. The number of rotatable bonds is 5. The molecule has 0 heterocycles. The summed E-state index contributed by atoms with van der Waals surface area (Å²) in [5.74, 6) is -1.07. The zero-order valence-electron chi connectivity index (χ0n) is 15.2. The highest BCUT2D eigenvalue weighted by Crippen LogP contribution is 2.34. The number of benzene rings is 2. The van der Waals surface area contributed by atoms with E-state index in [1.807, 2.05) is 6.92 Å². The van der Waals surface area contributed by atoms with E-state index in [0.717, 1.165) is 11.9 Å². The summed E-state index contributed by atoms with van der Waals surface area (Å²) < 4.78 is 24.8. The van der Waals surface area contributed by atoms with Gasteiger partial charge in [0.05, 0.1) is 10.6 Å². The molecule has 7 nitrogen and oxygen atoms in total. The van der Waals surface area contributed by atoms with Crippen LogP contribution in [0.2, 0.25) is 5.02 Å². The molecule has 0 aliphatic heterocycles. The van der Waals surface area contributed by atoms with Crippen LogP contribution in [0.15, 0.2) is 46.3 Å². The van der Waals surface area contributed by atoms with Crippen LogP contribution in [0.25, 0.3) is 0 Å². The lowest BCUT2D eigenvalue weighted by molar-refractivity contribution is 0.100. The first-order valence-electron chi connectivity index (χ1n) is 8.04. The lowest BCUT2D eigenvalue weighted by Gasteiger charge is -2.24. The van der Waals surface area contributed by atoms with Gasteiger partial charge in [-0.3, -0.25) is 4.79 Å². The van der Waals surface area contributed by atoms with E-state index in [0.29, 0.717) is 22.7 Å². The highest BCUT2D eigenvalue weighted by Gasteiger charge is 2.23. The van der Waals surface area contributed by atoms with Gasteiger partial charge in [0.1, 0.15) is 0 Å². The van der Waals surface area contributed by atoms with Crippen LogP contribution in [0.4, 0.5) is 11.4 Å². The van der Waals surface area contributed by atoms with Crippen molar-refractivity contribution in [3.05, 3.63) is 52.5 Å². The third-order valence-electron chi connectivity index (χ3n) is 4.00. The highest BCUT2D eigenvalue weighted by molar-refractivity contribution is 7.90. The molecule has 2 aromatic carbocycles. The zero-order chi connectivity index (χ0) is 20.4. The van der Waals surface area contributed by atoms with Gasteiger partial charge in [-0.2, -0.15) is 4.99 Å². The molecule has 2 aromatic rings. The summed E-state index contributed by atoms with van der Waals surface area (Å²) in [6.45, 7) is 1.85. The Labute approximate surface area is 163 Å². The SMILES string of the molecule is CCc1cc(N(C)c2ccc(Cl)cc2)c(S(C)(=O)=O)cc1C(=O)N=C(N)N. The molecule has 4 N–H and O–H groups in total. The van der Waals surface area contributed by atoms with Gasteiger partial charge in [0, 0.05) is 29.6 Å². The molecule has 0 bridgehead atoms. The molecule has 0 aliphatic carbocycles. The van der Waals surface area contributed by atoms with Crippen LogP contribution >= 0.6 is 11.6 Å². The first-order valence-corrected chi connectivity index (χ1v) is 10.3. The minimum atomic E-state index is -3.64. The molecular weight excluding hydrogens is 388 g/mol. The van der Waals surface area contributed by atoms with Crippen molar-refractivity contribution in [2.24, 2.45) is 16.5 Å². The van der Waals surface area contributed by atoms with Gasteiger partial charge < -0.3 is 16.4 Å². The first kappa shape index (κ1) is 20.7. The third-order valence-corrected chi connectivity index (χ3v) is 5.38. The second-order valence-corrected chi connectivity index (χ2v) is 8.40. The Morgan fingerprint density at radius 3 is 2.26 bits per heavy atom. The molecule has 0 radical (unpaired) electrons. The van der Waals surface area contributed by atoms with E-state index in [2.05, 4.69) is 4.99 Å². The number of amides is 1. The summed E-state index contributed by atoms with van der Waals surface area (Å²) in [6.07, 6.45) is 1.58. The van der Waals surface area contributed by atoms with Crippen LogP contribution in [0.1, 0.15) is 22.8 Å². The molecular formula is C18H21ClN4O3S. The van der Waals surface area contributed by atoms with E-state index in [1.165, 1.54) is 6.07 Å². The minimum Gasteiger partial charge on any atom is -0.370 e. The molecule has 27 heavy (non-hydrogen) atoms. The normalized spacial score (nSPS) is 11.1. The number of guanidine groups is 1. The number of hydrogen-bond donors (Lipinski definition) is 2. The topological polar surface area (TPSA) is 119 Å². The fourth-order valence-electron chi connectivity index (χ4n) is 2.64. The summed E-state index contributed by atoms with van der Waals surface area (Å²) in [6, 6.07) is 9.97. The average molecular weight is 409 g/mol. The van der Waals surface area contributed by atoms with Crippen molar-refractivity contribution in [3.63, 3.8) is 0 Å². The fraction of sp³-hybridized carbons (Fsp3) is 0.222. The second-order valence-electron chi connectivity index (χ2n) is 5.98. The summed E-state index contributed by atoms with van der Waals surface area (Å²) in [4.78, 5) is 17.6. The average Bonchev–Trinajstić information content (AvgIpc) is 2.59. The standard InChI is InChI=1S/C18H21ClN4O3S/c1-4-11-9-15(23(2)13-7-5-12(19)6-8-13)16(27(3,25)26)10-14(11)17(24)22-18(20)21/h5-10H,4H2,1-3H3,(H4,20,21,22,24). The van der Waals surface area contributed by atoms with Crippen LogP contribution in [-0.2, 0) is 16.3 Å². The van der Waals surface area contributed by atoms with E-state index in [4.69, 9.17) is 23.1 Å². The Morgan fingerprint density at radius 2 is 1.78 bits per heavy atom. The number of halogens is 1. The molecule has 144 valence electrons. The monoisotopic (exact) mass is 408 g/mol. The fourth-order valence-corrected chi connectivity index (χ4v) is 3.68. The maximum absolute atomic E-state index is 12.4. The lowest BCUT2D eigenvalue weighted by Crippen LogP contribution is -2.24. The molecule has 0 atom stereocenters. The van der Waals surface area contributed by atoms with Gasteiger partial charge >= 0.3 is 0 Å². The molecule has 9 heteroatoms. The Hall–Kier alpha value is -2.58. The van der Waals surface area contributed by atoms with E-state index in [9.17, 15) is 13.2 Å². The van der Waals surface area contributed by atoms with Crippen LogP contribution in [0, 0.1) is 0 Å². The number of nitrogens with zero attached hydrogens (tertiary/aromatic N) is 2. The van der Waals surface area contributed by atoms with Crippen molar-refractivity contribution in [1.82, 2.24) is 0 Å². The van der Waals surface area contributed by atoms with Crippen LogP contribution in [-0.4, -0.2) is 33.6 Å². The van der Waals surface area contributed by atoms with Crippen molar-refractivity contribution in [3.8, 4) is 0 Å². The van der Waals surface area contributed by atoms with Gasteiger partial charge in [-0.25, -0.2) is 8.42 Å². The number of nitrogens with two attached hydrogens (primary N) is 2. The molecule has 0 fully saturated rings. The van der Waals surface area contributed by atoms with Crippen molar-refractivity contribution in [2.75, 3.05) is 18.2 Å².